The van der Waals surface area contributed by atoms with Crippen LogP contribution in [0.15, 0.2) is 35.9 Å². The lowest BCUT2D eigenvalue weighted by Crippen LogP contribution is -2.26. The summed E-state index contributed by atoms with van der Waals surface area (Å²) in [6.07, 6.45) is 0.821. The molecule has 1 rings (SSSR count). The zero-order valence-corrected chi connectivity index (χ0v) is 10.7. The minimum Gasteiger partial charge on any atom is -0.347 e. The Morgan fingerprint density at radius 2 is 2.12 bits per heavy atom. The number of likely N-dealkylation sites (N-methyl/N-ethyl adjacent to an activating group) is 1. The molecule has 1 aromatic rings. The number of carbonyl (C=O) groups excluding carboxylic acids is 1. The first-order chi connectivity index (χ1) is 8.15. The van der Waals surface area contributed by atoms with Gasteiger partial charge in [-0.15, -0.1) is 0 Å². The summed E-state index contributed by atoms with van der Waals surface area (Å²) < 4.78 is 0. The van der Waals surface area contributed by atoms with Gasteiger partial charge in [-0.25, -0.2) is 0 Å². The highest BCUT2D eigenvalue weighted by molar-refractivity contribution is 6.29. The molecule has 17 heavy (non-hydrogen) atoms. The van der Waals surface area contributed by atoms with Gasteiger partial charge < -0.3 is 10.6 Å². The van der Waals surface area contributed by atoms with Gasteiger partial charge >= 0.3 is 0 Å². The second-order valence-corrected chi connectivity index (χ2v) is 4.25. The Kier molecular flexibility index (Phi) is 5.73. The normalized spacial score (nSPS) is 10.0. The lowest BCUT2D eigenvalue weighted by atomic mass is 10.0. The van der Waals surface area contributed by atoms with Crippen LogP contribution in [0.3, 0.4) is 0 Å². The Bertz CT molecular complexity index is 404. The van der Waals surface area contributed by atoms with E-state index < -0.39 is 0 Å². The number of hydrogen-bond acceptors (Lipinski definition) is 2. The molecule has 0 saturated heterocycles. The minimum atomic E-state index is -0.112. The largest absolute Gasteiger partial charge is 0.347 e. The van der Waals surface area contributed by atoms with Crippen LogP contribution in [0.4, 0.5) is 0 Å². The molecular formula is C13H17ClN2O. The topological polar surface area (TPSA) is 41.1 Å². The van der Waals surface area contributed by atoms with Crippen molar-refractivity contribution in [2.75, 3.05) is 20.1 Å². The summed E-state index contributed by atoms with van der Waals surface area (Å²) in [4.78, 5) is 11.9. The van der Waals surface area contributed by atoms with Gasteiger partial charge in [0.1, 0.15) is 0 Å². The predicted molar refractivity (Wildman–Crippen MR) is 71.4 cm³/mol. The third kappa shape index (κ3) is 4.59. The first-order valence-electron chi connectivity index (χ1n) is 5.49. The van der Waals surface area contributed by atoms with Crippen molar-refractivity contribution in [2.45, 2.75) is 6.42 Å². The Morgan fingerprint density at radius 1 is 1.41 bits per heavy atom. The van der Waals surface area contributed by atoms with Gasteiger partial charge in [-0.05, 0) is 31.6 Å². The molecule has 0 spiro atoms. The Labute approximate surface area is 107 Å². The first kappa shape index (κ1) is 13.7. The van der Waals surface area contributed by atoms with Gasteiger partial charge in [0.15, 0.2) is 0 Å². The van der Waals surface area contributed by atoms with Crippen LogP contribution in [0.5, 0.6) is 0 Å². The molecule has 92 valence electrons. The molecule has 0 unspecified atom stereocenters. The molecule has 0 aliphatic carbocycles. The van der Waals surface area contributed by atoms with Crippen LogP contribution in [-0.4, -0.2) is 26.0 Å². The Morgan fingerprint density at radius 3 is 2.76 bits per heavy atom. The number of hydrogen-bond donors (Lipinski definition) is 2. The smallest absolute Gasteiger partial charge is 0.251 e. The van der Waals surface area contributed by atoms with Gasteiger partial charge in [0.2, 0.25) is 0 Å². The maximum atomic E-state index is 11.9. The highest BCUT2D eigenvalue weighted by Gasteiger charge is 2.09. The maximum absolute atomic E-state index is 11.9. The van der Waals surface area contributed by atoms with E-state index in [1.165, 1.54) is 0 Å². The van der Waals surface area contributed by atoms with Crippen molar-refractivity contribution in [3.05, 3.63) is 47.0 Å². The van der Waals surface area contributed by atoms with Crippen LogP contribution in [0.1, 0.15) is 15.9 Å². The van der Waals surface area contributed by atoms with Crippen LogP contribution in [0.25, 0.3) is 0 Å². The fourth-order valence-electron chi connectivity index (χ4n) is 1.49. The van der Waals surface area contributed by atoms with Gasteiger partial charge in [-0.2, -0.15) is 0 Å². The second-order valence-electron chi connectivity index (χ2n) is 3.71. The summed E-state index contributed by atoms with van der Waals surface area (Å²) in [7, 11) is 1.89. The first-order valence-corrected chi connectivity index (χ1v) is 5.87. The number of rotatable bonds is 6. The molecule has 0 atom stereocenters. The summed E-state index contributed by atoms with van der Waals surface area (Å²) in [6, 6.07) is 7.56. The zero-order valence-electron chi connectivity index (χ0n) is 9.92. The summed E-state index contributed by atoms with van der Waals surface area (Å²) in [5.74, 6) is -0.112. The van der Waals surface area contributed by atoms with E-state index in [9.17, 15) is 4.79 Å². The van der Waals surface area contributed by atoms with Crippen molar-refractivity contribution in [1.82, 2.24) is 10.6 Å². The standard InChI is InChI=1S/C13H17ClN2O/c1-10(14)9-16-13(17)12-6-4-3-5-11(12)7-8-15-2/h3-6,15H,1,7-9H2,2H3,(H,16,17). The molecule has 0 saturated carbocycles. The molecule has 0 fully saturated rings. The molecule has 0 aliphatic heterocycles. The fourth-order valence-corrected chi connectivity index (χ4v) is 1.56. The quantitative estimate of drug-likeness (QED) is 0.812. The average molecular weight is 253 g/mol. The summed E-state index contributed by atoms with van der Waals surface area (Å²) in [5.41, 5.74) is 1.72. The molecule has 0 heterocycles. The number of carbonyl (C=O) groups is 1. The monoisotopic (exact) mass is 252 g/mol. The van der Waals surface area contributed by atoms with Crippen LogP contribution in [0, 0.1) is 0 Å². The van der Waals surface area contributed by atoms with E-state index in [4.69, 9.17) is 11.6 Å². The summed E-state index contributed by atoms with van der Waals surface area (Å²) in [5, 5.41) is 6.21. The third-order valence-electron chi connectivity index (χ3n) is 2.35. The van der Waals surface area contributed by atoms with Crippen molar-refractivity contribution >= 4 is 17.5 Å². The summed E-state index contributed by atoms with van der Waals surface area (Å²) >= 11 is 5.61. The van der Waals surface area contributed by atoms with Gasteiger partial charge in [0, 0.05) is 10.6 Å². The zero-order chi connectivity index (χ0) is 12.7. The minimum absolute atomic E-state index is 0.112. The Hall–Kier alpha value is -1.32. The molecule has 4 heteroatoms. The molecule has 3 nitrogen and oxygen atoms in total. The molecule has 2 N–H and O–H groups in total. The summed E-state index contributed by atoms with van der Waals surface area (Å²) in [6.45, 7) is 4.67. The van der Waals surface area contributed by atoms with E-state index in [1.54, 1.807) is 0 Å². The third-order valence-corrected chi connectivity index (χ3v) is 2.48. The highest BCUT2D eigenvalue weighted by Crippen LogP contribution is 2.09. The molecule has 0 aromatic heterocycles. The van der Waals surface area contributed by atoms with Crippen molar-refractivity contribution < 1.29 is 4.79 Å². The van der Waals surface area contributed by atoms with E-state index >= 15 is 0 Å². The molecule has 0 bridgehead atoms. The second kappa shape index (κ2) is 7.09. The Balaban J connectivity index is 2.74. The molecule has 0 radical (unpaired) electrons. The van der Waals surface area contributed by atoms with E-state index in [0.717, 1.165) is 18.5 Å². The molecular weight excluding hydrogens is 236 g/mol. The van der Waals surface area contributed by atoms with Crippen LogP contribution >= 0.6 is 11.6 Å². The maximum Gasteiger partial charge on any atom is 0.251 e. The fraction of sp³-hybridized carbons (Fsp3) is 0.308. The number of benzene rings is 1. The van der Waals surface area contributed by atoms with Crippen molar-refractivity contribution in [1.29, 1.82) is 0 Å². The number of halogens is 1. The lowest BCUT2D eigenvalue weighted by molar-refractivity contribution is 0.0956. The highest BCUT2D eigenvalue weighted by atomic mass is 35.5. The van der Waals surface area contributed by atoms with E-state index in [-0.39, 0.29) is 5.91 Å². The van der Waals surface area contributed by atoms with Crippen molar-refractivity contribution in [2.24, 2.45) is 0 Å². The van der Waals surface area contributed by atoms with Crippen molar-refractivity contribution in [3.8, 4) is 0 Å². The lowest BCUT2D eigenvalue weighted by Gasteiger charge is -2.09. The van der Waals surface area contributed by atoms with Crippen LogP contribution < -0.4 is 10.6 Å². The molecule has 0 aliphatic rings. The molecule has 1 aromatic carbocycles. The van der Waals surface area contributed by atoms with Gasteiger partial charge in [0.25, 0.3) is 5.91 Å². The average Bonchev–Trinajstić information content (AvgIpc) is 2.33. The van der Waals surface area contributed by atoms with E-state index in [2.05, 4.69) is 17.2 Å². The van der Waals surface area contributed by atoms with E-state index in [0.29, 0.717) is 17.1 Å². The van der Waals surface area contributed by atoms with Crippen molar-refractivity contribution in [3.63, 3.8) is 0 Å². The number of nitrogens with one attached hydrogen (secondary N) is 2. The number of amides is 1. The van der Waals surface area contributed by atoms with Gasteiger partial charge in [-0.1, -0.05) is 36.4 Å². The SMILES string of the molecule is C=C(Cl)CNC(=O)c1ccccc1CCNC. The molecule has 1 amide bonds. The predicted octanol–water partition coefficient (Wildman–Crippen LogP) is 1.93. The van der Waals surface area contributed by atoms with Crippen LogP contribution in [-0.2, 0) is 6.42 Å². The van der Waals surface area contributed by atoms with Crippen LogP contribution in [0.2, 0.25) is 0 Å². The van der Waals surface area contributed by atoms with E-state index in [1.807, 2.05) is 31.3 Å². The van der Waals surface area contributed by atoms with Gasteiger partial charge in [-0.3, -0.25) is 4.79 Å². The van der Waals surface area contributed by atoms with Gasteiger partial charge in [0.05, 0.1) is 6.54 Å².